The van der Waals surface area contributed by atoms with Crippen LogP contribution < -0.4 is 29.2 Å². The number of hydrogen-bond donors (Lipinski definition) is 1. The number of rotatable bonds is 8. The fourth-order valence-electron chi connectivity index (χ4n) is 4.77. The van der Waals surface area contributed by atoms with E-state index >= 15 is 0 Å². The highest BCUT2D eigenvalue weighted by Gasteiger charge is 2.42. The standard InChI is InChI=1S/C29H31FN2O6/c1-17-6-9-19(14-23(17)30)31-29(34)22-12-13-26(33)32(27(22)18-7-10-21(35-2)11-8-18)20-15-24(36-3)28(38-5)25(16-20)37-4/h6-11,14-16,22,27H,12-13H2,1-5H3,(H,31,34)/t22-,27-/m1/s1. The topological polar surface area (TPSA) is 86.3 Å². The maximum atomic E-state index is 14.2. The zero-order valence-electron chi connectivity index (χ0n) is 22.0. The summed E-state index contributed by atoms with van der Waals surface area (Å²) in [6.45, 7) is 1.66. The molecule has 0 aromatic heterocycles. The zero-order chi connectivity index (χ0) is 27.4. The molecule has 0 bridgehead atoms. The molecule has 0 radical (unpaired) electrons. The molecule has 0 unspecified atom stereocenters. The molecule has 4 rings (SSSR count). The van der Waals surface area contributed by atoms with Crippen molar-refractivity contribution < 1.29 is 32.9 Å². The van der Waals surface area contributed by atoms with Gasteiger partial charge in [0.15, 0.2) is 11.5 Å². The average molecular weight is 523 g/mol. The van der Waals surface area contributed by atoms with Crippen LogP contribution in [-0.4, -0.2) is 40.3 Å². The number of amides is 2. The van der Waals surface area contributed by atoms with Gasteiger partial charge in [0, 0.05) is 24.2 Å². The molecule has 8 nitrogen and oxygen atoms in total. The van der Waals surface area contributed by atoms with E-state index in [2.05, 4.69) is 5.32 Å². The van der Waals surface area contributed by atoms with Gasteiger partial charge in [0.05, 0.1) is 46.1 Å². The Morgan fingerprint density at radius 1 is 0.921 bits per heavy atom. The maximum absolute atomic E-state index is 14.2. The summed E-state index contributed by atoms with van der Waals surface area (Å²) in [6.07, 6.45) is 0.459. The summed E-state index contributed by atoms with van der Waals surface area (Å²) in [5.41, 5.74) is 2.06. The number of halogens is 1. The van der Waals surface area contributed by atoms with Crippen LogP contribution >= 0.6 is 0 Å². The van der Waals surface area contributed by atoms with E-state index in [0.29, 0.717) is 46.4 Å². The second-order valence-electron chi connectivity index (χ2n) is 8.96. The monoisotopic (exact) mass is 522 g/mol. The van der Waals surface area contributed by atoms with Crippen LogP contribution in [0.2, 0.25) is 0 Å². The van der Waals surface area contributed by atoms with E-state index in [1.54, 1.807) is 55.3 Å². The van der Waals surface area contributed by atoms with Gasteiger partial charge in [-0.2, -0.15) is 0 Å². The predicted octanol–water partition coefficient (Wildman–Crippen LogP) is 5.29. The maximum Gasteiger partial charge on any atom is 0.229 e. The molecule has 1 aliphatic rings. The number of benzene rings is 3. The number of methoxy groups -OCH3 is 4. The molecule has 38 heavy (non-hydrogen) atoms. The fraction of sp³-hybridized carbons (Fsp3) is 0.310. The van der Waals surface area contributed by atoms with Crippen molar-refractivity contribution in [3.05, 3.63) is 71.5 Å². The van der Waals surface area contributed by atoms with Gasteiger partial charge in [0.25, 0.3) is 0 Å². The van der Waals surface area contributed by atoms with Crippen LogP contribution in [-0.2, 0) is 9.59 Å². The number of ether oxygens (including phenoxy) is 4. The predicted molar refractivity (Wildman–Crippen MR) is 142 cm³/mol. The molecular weight excluding hydrogens is 491 g/mol. The third kappa shape index (κ3) is 5.22. The van der Waals surface area contributed by atoms with Gasteiger partial charge in [0.2, 0.25) is 17.6 Å². The summed E-state index contributed by atoms with van der Waals surface area (Å²) in [5.74, 6) is 0.266. The minimum atomic E-state index is -0.666. The molecular formula is C29H31FN2O6. The Kier molecular flexibility index (Phi) is 8.05. The van der Waals surface area contributed by atoms with Crippen LogP contribution in [0.5, 0.6) is 23.0 Å². The van der Waals surface area contributed by atoms with Crippen molar-refractivity contribution in [1.29, 1.82) is 0 Å². The molecule has 200 valence electrons. The summed E-state index contributed by atoms with van der Waals surface area (Å²) in [7, 11) is 6.06. The Morgan fingerprint density at radius 2 is 1.58 bits per heavy atom. The van der Waals surface area contributed by atoms with Gasteiger partial charge in [-0.1, -0.05) is 18.2 Å². The van der Waals surface area contributed by atoms with Crippen LogP contribution in [0.15, 0.2) is 54.6 Å². The number of piperidine rings is 1. The molecule has 3 aromatic carbocycles. The summed E-state index contributed by atoms with van der Waals surface area (Å²) in [5, 5.41) is 2.84. The summed E-state index contributed by atoms with van der Waals surface area (Å²) in [6, 6.07) is 14.5. The average Bonchev–Trinajstić information content (AvgIpc) is 2.93. The lowest BCUT2D eigenvalue weighted by atomic mass is 9.83. The highest BCUT2D eigenvalue weighted by molar-refractivity contribution is 6.00. The van der Waals surface area contributed by atoms with Gasteiger partial charge in [-0.3, -0.25) is 9.59 Å². The molecule has 0 spiro atoms. The Labute approximate surface area is 221 Å². The van der Waals surface area contributed by atoms with Crippen LogP contribution in [0.3, 0.4) is 0 Å². The third-order valence-corrected chi connectivity index (χ3v) is 6.76. The van der Waals surface area contributed by atoms with E-state index in [0.717, 1.165) is 5.56 Å². The largest absolute Gasteiger partial charge is 0.497 e. The second-order valence-corrected chi connectivity index (χ2v) is 8.96. The summed E-state index contributed by atoms with van der Waals surface area (Å²) >= 11 is 0. The van der Waals surface area contributed by atoms with Crippen molar-refractivity contribution in [1.82, 2.24) is 0 Å². The number of carbonyl (C=O) groups excluding carboxylic acids is 2. The van der Waals surface area contributed by atoms with E-state index in [1.807, 2.05) is 12.1 Å². The van der Waals surface area contributed by atoms with Gasteiger partial charge in [-0.25, -0.2) is 4.39 Å². The van der Waals surface area contributed by atoms with E-state index in [1.165, 1.54) is 27.4 Å². The minimum Gasteiger partial charge on any atom is -0.497 e. The second kappa shape index (κ2) is 11.4. The molecule has 1 N–H and O–H groups in total. The summed E-state index contributed by atoms with van der Waals surface area (Å²) < 4.78 is 36.0. The van der Waals surface area contributed by atoms with Gasteiger partial charge in [-0.15, -0.1) is 0 Å². The highest BCUT2D eigenvalue weighted by atomic mass is 19.1. The number of aryl methyl sites for hydroxylation is 1. The molecule has 0 aliphatic carbocycles. The number of nitrogens with zero attached hydrogens (tertiary/aromatic N) is 1. The van der Waals surface area contributed by atoms with Crippen molar-refractivity contribution in [2.75, 3.05) is 38.7 Å². The zero-order valence-corrected chi connectivity index (χ0v) is 22.0. The van der Waals surface area contributed by atoms with Crippen molar-refractivity contribution in [3.63, 3.8) is 0 Å². The number of anilines is 2. The molecule has 1 saturated heterocycles. The Balaban J connectivity index is 1.81. The quantitative estimate of drug-likeness (QED) is 0.433. The molecule has 2 amide bonds. The van der Waals surface area contributed by atoms with Crippen LogP contribution in [0.4, 0.5) is 15.8 Å². The molecule has 1 heterocycles. The van der Waals surface area contributed by atoms with E-state index in [-0.39, 0.29) is 18.2 Å². The van der Waals surface area contributed by atoms with E-state index in [9.17, 15) is 14.0 Å². The SMILES string of the molecule is COc1ccc([C@@H]2[C@H](C(=O)Nc3ccc(C)c(F)c3)CCC(=O)N2c2cc(OC)c(OC)c(OC)c2)cc1. The Morgan fingerprint density at radius 3 is 2.13 bits per heavy atom. The lowest BCUT2D eigenvalue weighted by molar-refractivity contribution is -0.125. The normalized spacial score (nSPS) is 17.1. The van der Waals surface area contributed by atoms with Gasteiger partial charge in [0.1, 0.15) is 11.6 Å². The molecule has 2 atom stereocenters. The van der Waals surface area contributed by atoms with Crippen molar-refractivity contribution in [2.24, 2.45) is 5.92 Å². The molecule has 0 saturated carbocycles. The molecule has 9 heteroatoms. The molecule has 1 fully saturated rings. The lowest BCUT2D eigenvalue weighted by Gasteiger charge is -2.41. The Bertz CT molecular complexity index is 1300. The van der Waals surface area contributed by atoms with E-state index < -0.39 is 17.8 Å². The smallest absolute Gasteiger partial charge is 0.229 e. The number of carbonyl (C=O) groups is 2. The van der Waals surface area contributed by atoms with Crippen molar-refractivity contribution >= 4 is 23.2 Å². The van der Waals surface area contributed by atoms with Crippen LogP contribution in [0.1, 0.15) is 30.0 Å². The first-order chi connectivity index (χ1) is 18.3. The molecule has 1 aliphatic heterocycles. The van der Waals surface area contributed by atoms with E-state index in [4.69, 9.17) is 18.9 Å². The summed E-state index contributed by atoms with van der Waals surface area (Å²) in [4.78, 5) is 28.7. The van der Waals surface area contributed by atoms with Crippen molar-refractivity contribution in [3.8, 4) is 23.0 Å². The third-order valence-electron chi connectivity index (χ3n) is 6.76. The highest BCUT2D eigenvalue weighted by Crippen LogP contribution is 2.46. The first-order valence-electron chi connectivity index (χ1n) is 12.1. The minimum absolute atomic E-state index is 0.143. The van der Waals surface area contributed by atoms with Crippen molar-refractivity contribution in [2.45, 2.75) is 25.8 Å². The number of hydrogen-bond acceptors (Lipinski definition) is 6. The van der Waals surface area contributed by atoms with Gasteiger partial charge >= 0.3 is 0 Å². The fourth-order valence-corrected chi connectivity index (χ4v) is 4.77. The Hall–Kier alpha value is -4.27. The van der Waals surface area contributed by atoms with Gasteiger partial charge < -0.3 is 29.2 Å². The van der Waals surface area contributed by atoms with Gasteiger partial charge in [-0.05, 0) is 48.7 Å². The first kappa shape index (κ1) is 26.8. The van der Waals surface area contributed by atoms with Crippen LogP contribution in [0, 0.1) is 18.7 Å². The lowest BCUT2D eigenvalue weighted by Crippen LogP contribution is -2.47. The first-order valence-corrected chi connectivity index (χ1v) is 12.1. The number of nitrogens with one attached hydrogen (secondary N) is 1. The van der Waals surface area contributed by atoms with Crippen LogP contribution in [0.25, 0.3) is 0 Å². The molecule has 3 aromatic rings.